The van der Waals surface area contributed by atoms with Gasteiger partial charge in [0.05, 0.1) is 5.69 Å². The maximum atomic E-state index is 14.0. The van der Waals surface area contributed by atoms with Crippen LogP contribution in [0.2, 0.25) is 0 Å². The fourth-order valence-corrected chi connectivity index (χ4v) is 2.70. The summed E-state index contributed by atoms with van der Waals surface area (Å²) in [6.45, 7) is 1.32. The SMILES string of the molecule is NCCc1nn2c(c1-c1ccc(F)cc1F)CCC2. The third-order valence-corrected chi connectivity index (χ3v) is 3.50. The van der Waals surface area contributed by atoms with E-state index < -0.39 is 11.6 Å². The normalized spacial score (nSPS) is 13.8. The van der Waals surface area contributed by atoms with Crippen LogP contribution in [-0.4, -0.2) is 16.3 Å². The van der Waals surface area contributed by atoms with Gasteiger partial charge in [-0.15, -0.1) is 0 Å². The number of aryl methyl sites for hydroxylation is 1. The van der Waals surface area contributed by atoms with E-state index in [1.807, 2.05) is 4.68 Å². The Morgan fingerprint density at radius 1 is 1.32 bits per heavy atom. The second kappa shape index (κ2) is 4.74. The average Bonchev–Trinajstić information content (AvgIpc) is 2.91. The van der Waals surface area contributed by atoms with Crippen LogP contribution >= 0.6 is 0 Å². The van der Waals surface area contributed by atoms with Crippen LogP contribution in [0.4, 0.5) is 8.78 Å². The van der Waals surface area contributed by atoms with Crippen molar-refractivity contribution in [3.63, 3.8) is 0 Å². The van der Waals surface area contributed by atoms with Gasteiger partial charge in [0.2, 0.25) is 0 Å². The summed E-state index contributed by atoms with van der Waals surface area (Å²) in [6, 6.07) is 3.69. The molecular weight excluding hydrogens is 248 g/mol. The largest absolute Gasteiger partial charge is 0.330 e. The van der Waals surface area contributed by atoms with Crippen molar-refractivity contribution in [1.29, 1.82) is 0 Å². The molecule has 0 atom stereocenters. The molecule has 0 spiro atoms. The zero-order valence-electron chi connectivity index (χ0n) is 10.5. The Kier molecular flexibility index (Phi) is 3.06. The van der Waals surface area contributed by atoms with Crippen LogP contribution < -0.4 is 5.73 Å². The molecule has 1 aliphatic rings. The number of rotatable bonds is 3. The molecular formula is C14H15F2N3. The molecule has 19 heavy (non-hydrogen) atoms. The summed E-state index contributed by atoms with van der Waals surface area (Å²) in [4.78, 5) is 0. The summed E-state index contributed by atoms with van der Waals surface area (Å²) in [5, 5.41) is 4.50. The van der Waals surface area contributed by atoms with Crippen molar-refractivity contribution < 1.29 is 8.78 Å². The van der Waals surface area contributed by atoms with E-state index in [0.29, 0.717) is 18.5 Å². The van der Waals surface area contributed by atoms with Gasteiger partial charge in [0, 0.05) is 35.9 Å². The second-order valence-corrected chi connectivity index (χ2v) is 4.76. The smallest absolute Gasteiger partial charge is 0.134 e. The first-order chi connectivity index (χ1) is 9.20. The minimum Gasteiger partial charge on any atom is -0.330 e. The topological polar surface area (TPSA) is 43.8 Å². The molecule has 0 fully saturated rings. The van der Waals surface area contributed by atoms with Gasteiger partial charge in [-0.2, -0.15) is 5.10 Å². The van der Waals surface area contributed by atoms with Crippen LogP contribution in [0, 0.1) is 11.6 Å². The Bertz CT molecular complexity index is 619. The van der Waals surface area contributed by atoms with Gasteiger partial charge in [0.1, 0.15) is 11.6 Å². The van der Waals surface area contributed by atoms with Gasteiger partial charge in [-0.25, -0.2) is 8.78 Å². The van der Waals surface area contributed by atoms with Crippen LogP contribution in [0.3, 0.4) is 0 Å². The Balaban J connectivity index is 2.17. The average molecular weight is 263 g/mol. The quantitative estimate of drug-likeness (QED) is 0.923. The number of halogens is 2. The summed E-state index contributed by atoms with van der Waals surface area (Å²) in [6.07, 6.45) is 2.50. The predicted molar refractivity (Wildman–Crippen MR) is 68.7 cm³/mol. The number of benzene rings is 1. The molecule has 0 bridgehead atoms. The van der Waals surface area contributed by atoms with Gasteiger partial charge in [-0.3, -0.25) is 4.68 Å². The van der Waals surface area contributed by atoms with Crippen molar-refractivity contribution >= 4 is 0 Å². The highest BCUT2D eigenvalue weighted by Gasteiger charge is 2.24. The molecule has 1 aromatic carbocycles. The maximum Gasteiger partial charge on any atom is 0.134 e. The lowest BCUT2D eigenvalue weighted by atomic mass is 9.99. The van der Waals surface area contributed by atoms with E-state index in [-0.39, 0.29) is 0 Å². The molecule has 1 aromatic heterocycles. The van der Waals surface area contributed by atoms with E-state index in [1.165, 1.54) is 12.1 Å². The Hall–Kier alpha value is -1.75. The molecule has 0 radical (unpaired) electrons. The van der Waals surface area contributed by atoms with Crippen LogP contribution in [-0.2, 0) is 19.4 Å². The maximum absolute atomic E-state index is 14.0. The number of hydrogen-bond donors (Lipinski definition) is 1. The standard InChI is InChI=1S/C14H15F2N3/c15-9-3-4-10(11(16)8-9)14-12(5-6-17)18-19-7-1-2-13(14)19/h3-4,8H,1-2,5-7,17H2. The van der Waals surface area contributed by atoms with E-state index in [1.54, 1.807) is 0 Å². The number of aromatic nitrogens is 2. The first kappa shape index (κ1) is 12.3. The molecule has 2 N–H and O–H groups in total. The molecule has 0 saturated heterocycles. The molecule has 2 aromatic rings. The summed E-state index contributed by atoms with van der Waals surface area (Å²) in [5.41, 5.74) is 8.66. The Labute approximate surface area is 110 Å². The zero-order valence-corrected chi connectivity index (χ0v) is 10.5. The molecule has 2 heterocycles. The number of nitrogens with zero attached hydrogens (tertiary/aromatic N) is 2. The molecule has 0 saturated carbocycles. The third-order valence-electron chi connectivity index (χ3n) is 3.50. The lowest BCUT2D eigenvalue weighted by molar-refractivity contribution is 0.585. The number of nitrogens with two attached hydrogens (primary N) is 1. The Morgan fingerprint density at radius 3 is 2.89 bits per heavy atom. The molecule has 1 aliphatic heterocycles. The van der Waals surface area contributed by atoms with Gasteiger partial charge in [-0.05, 0) is 31.5 Å². The molecule has 0 aliphatic carbocycles. The lowest BCUT2D eigenvalue weighted by Crippen LogP contribution is -2.05. The van der Waals surface area contributed by atoms with Crippen molar-refractivity contribution in [3.8, 4) is 11.1 Å². The van der Waals surface area contributed by atoms with Crippen LogP contribution in [0.5, 0.6) is 0 Å². The summed E-state index contributed by atoms with van der Waals surface area (Å²) < 4.78 is 28.9. The second-order valence-electron chi connectivity index (χ2n) is 4.76. The van der Waals surface area contributed by atoms with Crippen molar-refractivity contribution in [2.24, 2.45) is 5.73 Å². The Morgan fingerprint density at radius 2 is 2.16 bits per heavy atom. The molecule has 3 rings (SSSR count). The minimum absolute atomic E-state index is 0.424. The van der Waals surface area contributed by atoms with Crippen molar-refractivity contribution in [2.75, 3.05) is 6.54 Å². The van der Waals surface area contributed by atoms with Crippen LogP contribution in [0.25, 0.3) is 11.1 Å². The fourth-order valence-electron chi connectivity index (χ4n) is 2.70. The first-order valence-electron chi connectivity index (χ1n) is 6.44. The molecule has 5 heteroatoms. The number of hydrogen-bond acceptors (Lipinski definition) is 2. The minimum atomic E-state index is -0.564. The lowest BCUT2D eigenvalue weighted by Gasteiger charge is -2.06. The first-order valence-corrected chi connectivity index (χ1v) is 6.44. The predicted octanol–water partition coefficient (Wildman–Crippen LogP) is 2.28. The third kappa shape index (κ3) is 2.04. The monoisotopic (exact) mass is 263 g/mol. The highest BCUT2D eigenvalue weighted by atomic mass is 19.1. The highest BCUT2D eigenvalue weighted by molar-refractivity contribution is 5.70. The van der Waals surface area contributed by atoms with Gasteiger partial charge < -0.3 is 5.73 Å². The van der Waals surface area contributed by atoms with E-state index >= 15 is 0 Å². The van der Waals surface area contributed by atoms with Gasteiger partial charge in [0.15, 0.2) is 0 Å². The molecule has 0 unspecified atom stereocenters. The van der Waals surface area contributed by atoms with E-state index in [0.717, 1.165) is 42.4 Å². The number of fused-ring (bicyclic) bond motifs is 1. The molecule has 3 nitrogen and oxygen atoms in total. The van der Waals surface area contributed by atoms with E-state index in [4.69, 9.17) is 5.73 Å². The highest BCUT2D eigenvalue weighted by Crippen LogP contribution is 2.33. The van der Waals surface area contributed by atoms with Crippen LogP contribution in [0.15, 0.2) is 18.2 Å². The summed E-state index contributed by atoms with van der Waals surface area (Å²) in [7, 11) is 0. The summed E-state index contributed by atoms with van der Waals surface area (Å²) in [5.74, 6) is -1.11. The van der Waals surface area contributed by atoms with Crippen molar-refractivity contribution in [1.82, 2.24) is 9.78 Å². The van der Waals surface area contributed by atoms with Gasteiger partial charge >= 0.3 is 0 Å². The summed E-state index contributed by atoms with van der Waals surface area (Å²) >= 11 is 0. The zero-order chi connectivity index (χ0) is 13.4. The van der Waals surface area contributed by atoms with Crippen molar-refractivity contribution in [2.45, 2.75) is 25.8 Å². The van der Waals surface area contributed by atoms with Crippen molar-refractivity contribution in [3.05, 3.63) is 41.2 Å². The van der Waals surface area contributed by atoms with E-state index in [2.05, 4.69) is 5.10 Å². The van der Waals surface area contributed by atoms with E-state index in [9.17, 15) is 8.78 Å². The van der Waals surface area contributed by atoms with Crippen LogP contribution in [0.1, 0.15) is 17.8 Å². The fraction of sp³-hybridized carbons (Fsp3) is 0.357. The molecule has 100 valence electrons. The van der Waals surface area contributed by atoms with Gasteiger partial charge in [0.25, 0.3) is 0 Å². The molecule has 0 amide bonds. The van der Waals surface area contributed by atoms with Gasteiger partial charge in [-0.1, -0.05) is 0 Å².